The van der Waals surface area contributed by atoms with E-state index in [1.165, 1.54) is 5.56 Å². The molecule has 4 nitrogen and oxygen atoms in total. The Hall–Kier alpha value is -1.91. The summed E-state index contributed by atoms with van der Waals surface area (Å²) < 4.78 is 16.5. The number of nitrogens with one attached hydrogen (secondary N) is 1. The van der Waals surface area contributed by atoms with Crippen molar-refractivity contribution in [1.29, 1.82) is 0 Å². The molecule has 0 heterocycles. The van der Waals surface area contributed by atoms with Crippen LogP contribution in [0, 0.1) is 0 Å². The van der Waals surface area contributed by atoms with Crippen LogP contribution in [0.5, 0.6) is 17.2 Å². The maximum atomic E-state index is 6.30. The highest BCUT2D eigenvalue weighted by Crippen LogP contribution is 2.32. The van der Waals surface area contributed by atoms with E-state index in [-0.39, 0.29) is 6.10 Å². The van der Waals surface area contributed by atoms with Crippen LogP contribution < -0.4 is 19.5 Å². The van der Waals surface area contributed by atoms with Crippen molar-refractivity contribution in [3.05, 3.63) is 52.5 Å². The van der Waals surface area contributed by atoms with Crippen molar-refractivity contribution in [3.63, 3.8) is 0 Å². The summed E-state index contributed by atoms with van der Waals surface area (Å²) in [5.74, 6) is 2.18. The number of ether oxygens (including phenoxy) is 3. The molecule has 0 aliphatic heterocycles. The normalized spacial score (nSPS) is 11.9. The quantitative estimate of drug-likeness (QED) is 0.713. The molecule has 0 radical (unpaired) electrons. The van der Waals surface area contributed by atoms with E-state index in [4.69, 9.17) is 25.8 Å². The maximum Gasteiger partial charge on any atom is 0.162 e. The van der Waals surface area contributed by atoms with Crippen molar-refractivity contribution < 1.29 is 14.2 Å². The average molecular weight is 364 g/mol. The molecular weight excluding hydrogens is 338 g/mol. The smallest absolute Gasteiger partial charge is 0.162 e. The minimum absolute atomic E-state index is 0.0476. The minimum atomic E-state index is 0.0476. The van der Waals surface area contributed by atoms with Crippen molar-refractivity contribution in [2.45, 2.75) is 32.9 Å². The molecule has 5 heteroatoms. The van der Waals surface area contributed by atoms with E-state index in [1.807, 2.05) is 25.1 Å². The summed E-state index contributed by atoms with van der Waals surface area (Å²) in [5.41, 5.74) is 2.26. The zero-order valence-corrected chi connectivity index (χ0v) is 16.0. The van der Waals surface area contributed by atoms with Gasteiger partial charge in [0.05, 0.1) is 14.2 Å². The van der Waals surface area contributed by atoms with E-state index >= 15 is 0 Å². The lowest BCUT2D eigenvalue weighted by atomic mass is 10.2. The third-order valence-electron chi connectivity index (χ3n) is 3.97. The predicted octanol–water partition coefficient (Wildman–Crippen LogP) is 4.48. The number of halogens is 1. The Labute approximate surface area is 155 Å². The number of aryl methyl sites for hydroxylation is 1. The summed E-state index contributed by atoms with van der Waals surface area (Å²) in [6, 6.07) is 11.9. The molecule has 0 bridgehead atoms. The van der Waals surface area contributed by atoms with Gasteiger partial charge in [-0.05, 0) is 42.7 Å². The highest BCUT2D eigenvalue weighted by Gasteiger charge is 2.10. The van der Waals surface area contributed by atoms with Crippen molar-refractivity contribution in [3.8, 4) is 17.2 Å². The van der Waals surface area contributed by atoms with Crippen LogP contribution in [0.15, 0.2) is 36.4 Å². The predicted molar refractivity (Wildman–Crippen MR) is 102 cm³/mol. The number of methoxy groups -OCH3 is 2. The van der Waals surface area contributed by atoms with Gasteiger partial charge in [-0.3, -0.25) is 0 Å². The number of benzene rings is 2. The van der Waals surface area contributed by atoms with E-state index < -0.39 is 0 Å². The minimum Gasteiger partial charge on any atom is -0.493 e. The average Bonchev–Trinajstić information content (AvgIpc) is 2.63. The van der Waals surface area contributed by atoms with Crippen molar-refractivity contribution in [2.24, 2.45) is 0 Å². The van der Waals surface area contributed by atoms with Gasteiger partial charge >= 0.3 is 0 Å². The lowest BCUT2D eigenvalue weighted by molar-refractivity contribution is 0.217. The molecule has 0 saturated carbocycles. The van der Waals surface area contributed by atoms with Gasteiger partial charge in [0, 0.05) is 24.2 Å². The van der Waals surface area contributed by atoms with Crippen LogP contribution >= 0.6 is 11.6 Å². The van der Waals surface area contributed by atoms with Gasteiger partial charge in [-0.2, -0.15) is 0 Å². The zero-order chi connectivity index (χ0) is 18.2. The first-order valence-corrected chi connectivity index (χ1v) is 8.81. The second-order valence-electron chi connectivity index (χ2n) is 5.86. The molecule has 0 saturated heterocycles. The van der Waals surface area contributed by atoms with Gasteiger partial charge in [-0.15, -0.1) is 0 Å². The van der Waals surface area contributed by atoms with Crippen LogP contribution in [-0.2, 0) is 13.0 Å². The molecule has 1 atom stereocenters. The highest BCUT2D eigenvalue weighted by atomic mass is 35.5. The molecule has 2 aromatic rings. The summed E-state index contributed by atoms with van der Waals surface area (Å²) in [7, 11) is 3.21. The Bertz CT molecular complexity index is 673. The third kappa shape index (κ3) is 5.55. The molecule has 0 amide bonds. The van der Waals surface area contributed by atoms with Gasteiger partial charge in [0.2, 0.25) is 0 Å². The molecule has 0 spiro atoms. The molecule has 136 valence electrons. The van der Waals surface area contributed by atoms with E-state index in [0.717, 1.165) is 17.7 Å². The summed E-state index contributed by atoms with van der Waals surface area (Å²) in [4.78, 5) is 0. The fourth-order valence-corrected chi connectivity index (χ4v) is 2.74. The van der Waals surface area contributed by atoms with Crippen LogP contribution in [0.4, 0.5) is 0 Å². The van der Waals surface area contributed by atoms with E-state index in [1.54, 1.807) is 20.3 Å². The molecule has 25 heavy (non-hydrogen) atoms. The molecule has 2 aromatic carbocycles. The third-order valence-corrected chi connectivity index (χ3v) is 4.32. The number of rotatable bonds is 9. The summed E-state index contributed by atoms with van der Waals surface area (Å²) in [6.45, 7) is 5.51. The first-order chi connectivity index (χ1) is 12.1. The molecule has 0 aliphatic carbocycles. The van der Waals surface area contributed by atoms with Gasteiger partial charge in [-0.25, -0.2) is 0 Å². The number of hydrogen-bond acceptors (Lipinski definition) is 4. The Morgan fingerprint density at radius 1 is 1.04 bits per heavy atom. The second kappa shape index (κ2) is 9.54. The molecular formula is C20H26ClNO3. The SMILES string of the molecule is CCc1ccc(OC(C)CNCc2cc(OC)c(OC)cc2Cl)cc1. The van der Waals surface area contributed by atoms with Gasteiger partial charge in [0.25, 0.3) is 0 Å². The fraction of sp³-hybridized carbons (Fsp3) is 0.400. The fourth-order valence-electron chi connectivity index (χ4n) is 2.52. The van der Waals surface area contributed by atoms with Crippen LogP contribution in [0.3, 0.4) is 0 Å². The molecule has 2 rings (SSSR count). The van der Waals surface area contributed by atoms with E-state index in [0.29, 0.717) is 29.6 Å². The monoisotopic (exact) mass is 363 g/mol. The first kappa shape index (κ1) is 19.4. The van der Waals surface area contributed by atoms with Crippen molar-refractivity contribution in [2.75, 3.05) is 20.8 Å². The summed E-state index contributed by atoms with van der Waals surface area (Å²) in [5, 5.41) is 4.02. The lowest BCUT2D eigenvalue weighted by Gasteiger charge is -2.17. The van der Waals surface area contributed by atoms with Gasteiger partial charge in [0.15, 0.2) is 11.5 Å². The Balaban J connectivity index is 1.87. The maximum absolute atomic E-state index is 6.30. The van der Waals surface area contributed by atoms with Gasteiger partial charge in [0.1, 0.15) is 11.9 Å². The van der Waals surface area contributed by atoms with Gasteiger partial charge < -0.3 is 19.5 Å². The van der Waals surface area contributed by atoms with Crippen LogP contribution in [0.1, 0.15) is 25.0 Å². The van der Waals surface area contributed by atoms with Crippen LogP contribution in [-0.4, -0.2) is 26.9 Å². The van der Waals surface area contributed by atoms with Crippen molar-refractivity contribution >= 4 is 11.6 Å². The second-order valence-corrected chi connectivity index (χ2v) is 6.26. The van der Waals surface area contributed by atoms with Crippen LogP contribution in [0.25, 0.3) is 0 Å². The molecule has 0 fully saturated rings. The molecule has 0 aliphatic rings. The Morgan fingerprint density at radius 2 is 1.68 bits per heavy atom. The first-order valence-electron chi connectivity index (χ1n) is 8.44. The van der Waals surface area contributed by atoms with E-state index in [2.05, 4.69) is 24.4 Å². The van der Waals surface area contributed by atoms with Gasteiger partial charge in [-0.1, -0.05) is 30.7 Å². The zero-order valence-electron chi connectivity index (χ0n) is 15.3. The molecule has 1 unspecified atom stereocenters. The molecule has 1 N–H and O–H groups in total. The molecule has 0 aromatic heterocycles. The highest BCUT2D eigenvalue weighted by molar-refractivity contribution is 6.31. The topological polar surface area (TPSA) is 39.7 Å². The summed E-state index contributed by atoms with van der Waals surface area (Å²) in [6.07, 6.45) is 1.08. The largest absolute Gasteiger partial charge is 0.493 e. The Kier molecular flexibility index (Phi) is 7.41. The Morgan fingerprint density at radius 3 is 2.28 bits per heavy atom. The lowest BCUT2D eigenvalue weighted by Crippen LogP contribution is -2.28. The standard InChI is InChI=1S/C20H26ClNO3/c1-5-15-6-8-17(9-7-15)25-14(2)12-22-13-16-10-19(23-3)20(24-4)11-18(16)21/h6-11,14,22H,5,12-13H2,1-4H3. The number of hydrogen-bond donors (Lipinski definition) is 1. The summed E-state index contributed by atoms with van der Waals surface area (Å²) >= 11 is 6.30. The van der Waals surface area contributed by atoms with Crippen LogP contribution in [0.2, 0.25) is 5.02 Å². The van der Waals surface area contributed by atoms with E-state index in [9.17, 15) is 0 Å². The van der Waals surface area contributed by atoms with Crippen molar-refractivity contribution in [1.82, 2.24) is 5.32 Å².